The van der Waals surface area contributed by atoms with E-state index in [0.717, 1.165) is 18.5 Å². The predicted octanol–water partition coefficient (Wildman–Crippen LogP) is 2.04. The summed E-state index contributed by atoms with van der Waals surface area (Å²) in [5.74, 6) is 0.463. The van der Waals surface area contributed by atoms with Gasteiger partial charge >= 0.3 is 0 Å². The van der Waals surface area contributed by atoms with E-state index in [1.165, 1.54) is 0 Å². The first-order valence-electron chi connectivity index (χ1n) is 6.06. The average molecular weight is 306 g/mol. The number of hydrogen-bond acceptors (Lipinski definition) is 3. The average Bonchev–Trinajstić information content (AvgIpc) is 2.70. The molecule has 4 nitrogen and oxygen atoms in total. The van der Waals surface area contributed by atoms with Gasteiger partial charge < -0.3 is 10.6 Å². The van der Waals surface area contributed by atoms with Crippen molar-refractivity contribution in [3.63, 3.8) is 0 Å². The van der Waals surface area contributed by atoms with Crippen LogP contribution in [0.1, 0.15) is 29.4 Å². The Morgan fingerprint density at radius 3 is 2.74 bits per heavy atom. The Morgan fingerprint density at radius 2 is 2.21 bits per heavy atom. The number of aryl methyl sites for hydroxylation is 1. The quantitative estimate of drug-likeness (QED) is 0.909. The number of rotatable bonds is 2. The van der Waals surface area contributed by atoms with Crippen LogP contribution in [0.5, 0.6) is 0 Å². The Hall–Kier alpha value is -0.840. The Balaban J connectivity index is 0.00000162. The van der Waals surface area contributed by atoms with E-state index < -0.39 is 0 Å². The van der Waals surface area contributed by atoms with E-state index in [2.05, 4.69) is 11.9 Å². The summed E-state index contributed by atoms with van der Waals surface area (Å²) in [6, 6.07) is 4.03. The molecule has 0 aliphatic carbocycles. The number of likely N-dealkylation sites (tertiary alicyclic amines) is 1. The summed E-state index contributed by atoms with van der Waals surface area (Å²) >= 11 is 0. The summed E-state index contributed by atoms with van der Waals surface area (Å²) in [6.07, 6.45) is 2.66. The van der Waals surface area contributed by atoms with Crippen molar-refractivity contribution in [3.05, 3.63) is 29.6 Å². The lowest BCUT2D eigenvalue weighted by Crippen LogP contribution is -2.35. The lowest BCUT2D eigenvalue weighted by Gasteiger charge is -2.21. The van der Waals surface area contributed by atoms with E-state index in [-0.39, 0.29) is 36.8 Å². The van der Waals surface area contributed by atoms with E-state index in [1.807, 2.05) is 24.0 Å². The summed E-state index contributed by atoms with van der Waals surface area (Å²) in [6.45, 7) is 5.40. The summed E-state index contributed by atoms with van der Waals surface area (Å²) in [5, 5.41) is 0. The van der Waals surface area contributed by atoms with Crippen LogP contribution >= 0.6 is 24.8 Å². The van der Waals surface area contributed by atoms with Gasteiger partial charge in [0.15, 0.2) is 0 Å². The minimum absolute atomic E-state index is 0. The zero-order valence-electron chi connectivity index (χ0n) is 11.2. The van der Waals surface area contributed by atoms with Gasteiger partial charge in [-0.25, -0.2) is 0 Å². The van der Waals surface area contributed by atoms with Gasteiger partial charge in [0.2, 0.25) is 0 Å². The van der Waals surface area contributed by atoms with Gasteiger partial charge in [0.25, 0.3) is 5.91 Å². The molecule has 6 heteroatoms. The number of hydrogen-bond donors (Lipinski definition) is 1. The Kier molecular flexibility index (Phi) is 7.34. The van der Waals surface area contributed by atoms with Crippen LogP contribution in [0.25, 0.3) is 0 Å². The smallest absolute Gasteiger partial charge is 0.272 e. The summed E-state index contributed by atoms with van der Waals surface area (Å²) in [7, 11) is 0. The molecule has 1 aromatic rings. The molecule has 0 bridgehead atoms. The lowest BCUT2D eigenvalue weighted by atomic mass is 10.1. The fourth-order valence-corrected chi connectivity index (χ4v) is 2.44. The number of halogens is 2. The molecular formula is C13H21Cl2N3O. The van der Waals surface area contributed by atoms with Crippen molar-refractivity contribution < 1.29 is 4.79 Å². The molecule has 0 spiro atoms. The molecule has 19 heavy (non-hydrogen) atoms. The second-order valence-corrected chi connectivity index (χ2v) is 4.81. The van der Waals surface area contributed by atoms with Crippen molar-refractivity contribution in [1.29, 1.82) is 0 Å². The van der Waals surface area contributed by atoms with E-state index in [0.29, 0.717) is 18.2 Å². The van der Waals surface area contributed by atoms with Crippen LogP contribution in [-0.2, 0) is 0 Å². The molecule has 2 heterocycles. The zero-order chi connectivity index (χ0) is 12.4. The number of amides is 1. The first-order chi connectivity index (χ1) is 8.13. The number of carbonyl (C=O) groups excluding carboxylic acids is 1. The molecule has 2 N–H and O–H groups in total. The Morgan fingerprint density at radius 1 is 1.53 bits per heavy atom. The standard InChI is InChI=1S/C13H19N3O.2ClH/c1-9-4-3-5-15-12(9)13(17)16-8-11(7-14)6-10(16)2;;/h3-5,10-11H,6-8,14H2,1-2H3;2*1H. The molecule has 0 aromatic carbocycles. The second kappa shape index (κ2) is 7.68. The third-order valence-electron chi connectivity index (χ3n) is 3.47. The number of aromatic nitrogens is 1. The summed E-state index contributed by atoms with van der Waals surface area (Å²) in [4.78, 5) is 18.4. The van der Waals surface area contributed by atoms with Crippen LogP contribution in [0.2, 0.25) is 0 Å². The third-order valence-corrected chi connectivity index (χ3v) is 3.47. The van der Waals surface area contributed by atoms with E-state index >= 15 is 0 Å². The van der Waals surface area contributed by atoms with Gasteiger partial charge in [0, 0.05) is 18.8 Å². The largest absolute Gasteiger partial charge is 0.334 e. The highest BCUT2D eigenvalue weighted by atomic mass is 35.5. The van der Waals surface area contributed by atoms with Crippen molar-refractivity contribution in [3.8, 4) is 0 Å². The van der Waals surface area contributed by atoms with Crippen molar-refractivity contribution in [1.82, 2.24) is 9.88 Å². The van der Waals surface area contributed by atoms with Crippen molar-refractivity contribution in [2.45, 2.75) is 26.3 Å². The monoisotopic (exact) mass is 305 g/mol. The minimum Gasteiger partial charge on any atom is -0.334 e. The van der Waals surface area contributed by atoms with Gasteiger partial charge in [0.1, 0.15) is 5.69 Å². The Labute approximate surface area is 126 Å². The van der Waals surface area contributed by atoms with Crippen molar-refractivity contribution >= 4 is 30.7 Å². The number of nitrogens with two attached hydrogens (primary N) is 1. The molecule has 1 aliphatic heterocycles. The SMILES string of the molecule is Cc1cccnc1C(=O)N1CC(CN)CC1C.Cl.Cl. The Bertz CT molecular complexity index is 428. The van der Waals surface area contributed by atoms with E-state index in [4.69, 9.17) is 5.73 Å². The second-order valence-electron chi connectivity index (χ2n) is 4.81. The van der Waals surface area contributed by atoms with E-state index in [9.17, 15) is 4.79 Å². The van der Waals surface area contributed by atoms with Crippen LogP contribution in [0, 0.1) is 12.8 Å². The molecule has 1 fully saturated rings. The molecule has 1 amide bonds. The predicted molar refractivity (Wildman–Crippen MR) is 81.1 cm³/mol. The maximum atomic E-state index is 12.4. The lowest BCUT2D eigenvalue weighted by molar-refractivity contribution is 0.0736. The molecular weight excluding hydrogens is 285 g/mol. The van der Waals surface area contributed by atoms with Crippen LogP contribution in [0.15, 0.2) is 18.3 Å². The topological polar surface area (TPSA) is 59.2 Å². The van der Waals surface area contributed by atoms with Crippen LogP contribution in [0.3, 0.4) is 0 Å². The van der Waals surface area contributed by atoms with Gasteiger partial charge in [-0.3, -0.25) is 9.78 Å². The molecule has 2 rings (SSSR count). The normalized spacial score (nSPS) is 21.5. The van der Waals surface area contributed by atoms with Crippen molar-refractivity contribution in [2.24, 2.45) is 11.7 Å². The van der Waals surface area contributed by atoms with Gasteiger partial charge in [-0.05, 0) is 44.4 Å². The fraction of sp³-hybridized carbons (Fsp3) is 0.538. The molecule has 1 saturated heterocycles. The van der Waals surface area contributed by atoms with E-state index in [1.54, 1.807) is 6.20 Å². The first kappa shape index (κ1) is 18.2. The summed E-state index contributed by atoms with van der Waals surface area (Å²) in [5.41, 5.74) is 7.17. The van der Waals surface area contributed by atoms with Crippen molar-refractivity contribution in [2.75, 3.05) is 13.1 Å². The van der Waals surface area contributed by atoms with Gasteiger partial charge in [-0.1, -0.05) is 6.07 Å². The molecule has 1 aromatic heterocycles. The fourth-order valence-electron chi connectivity index (χ4n) is 2.44. The maximum Gasteiger partial charge on any atom is 0.272 e. The number of nitrogens with zero attached hydrogens (tertiary/aromatic N) is 2. The van der Waals surface area contributed by atoms with Crippen LogP contribution < -0.4 is 5.73 Å². The van der Waals surface area contributed by atoms with Gasteiger partial charge in [-0.15, -0.1) is 24.8 Å². The molecule has 0 radical (unpaired) electrons. The zero-order valence-corrected chi connectivity index (χ0v) is 12.8. The summed E-state index contributed by atoms with van der Waals surface area (Å²) < 4.78 is 0. The number of carbonyl (C=O) groups is 1. The highest BCUT2D eigenvalue weighted by molar-refractivity contribution is 5.94. The van der Waals surface area contributed by atoms with Gasteiger partial charge in [-0.2, -0.15) is 0 Å². The molecule has 2 unspecified atom stereocenters. The van der Waals surface area contributed by atoms with Gasteiger partial charge in [0.05, 0.1) is 0 Å². The van der Waals surface area contributed by atoms with Crippen LogP contribution in [-0.4, -0.2) is 34.9 Å². The highest BCUT2D eigenvalue weighted by Crippen LogP contribution is 2.24. The molecule has 0 saturated carbocycles. The third kappa shape index (κ3) is 3.81. The molecule has 108 valence electrons. The first-order valence-corrected chi connectivity index (χ1v) is 6.06. The molecule has 1 aliphatic rings. The molecule has 2 atom stereocenters. The highest BCUT2D eigenvalue weighted by Gasteiger charge is 2.32. The number of pyridine rings is 1. The van der Waals surface area contributed by atoms with Crippen LogP contribution in [0.4, 0.5) is 0 Å². The minimum atomic E-state index is 0. The maximum absolute atomic E-state index is 12.4.